The highest BCUT2D eigenvalue weighted by Crippen LogP contribution is 2.34. The SMILES string of the molecule is COc1ccc(-c2csc(NC(=O)C3CCN(S(=O)(=O)c4ccc(SC)cc4)CC3)n2)cc1OC. The molecule has 2 aromatic carbocycles. The minimum atomic E-state index is -3.57. The second-order valence-corrected chi connectivity index (χ2v) is 11.6. The summed E-state index contributed by atoms with van der Waals surface area (Å²) in [5, 5.41) is 5.27. The van der Waals surface area contributed by atoms with Crippen LogP contribution in [0.4, 0.5) is 5.13 Å². The Morgan fingerprint density at radius 1 is 1.09 bits per heavy atom. The van der Waals surface area contributed by atoms with Crippen LogP contribution in [0.1, 0.15) is 12.8 Å². The van der Waals surface area contributed by atoms with Gasteiger partial charge in [0.2, 0.25) is 15.9 Å². The number of amides is 1. The Kier molecular flexibility index (Phi) is 8.00. The minimum absolute atomic E-state index is 0.139. The van der Waals surface area contributed by atoms with Crippen molar-refractivity contribution < 1.29 is 22.7 Å². The lowest BCUT2D eigenvalue weighted by atomic mass is 9.97. The van der Waals surface area contributed by atoms with Crippen LogP contribution in [0.2, 0.25) is 0 Å². The molecule has 1 aliphatic rings. The van der Waals surface area contributed by atoms with Gasteiger partial charge in [-0.25, -0.2) is 13.4 Å². The van der Waals surface area contributed by atoms with E-state index in [-0.39, 0.29) is 16.7 Å². The van der Waals surface area contributed by atoms with Gasteiger partial charge in [0, 0.05) is 34.8 Å². The van der Waals surface area contributed by atoms with E-state index in [1.807, 2.05) is 42.0 Å². The third-order valence-electron chi connectivity index (χ3n) is 5.94. The number of nitrogens with zero attached hydrogens (tertiary/aromatic N) is 2. The minimum Gasteiger partial charge on any atom is -0.493 e. The number of carbonyl (C=O) groups excluding carboxylic acids is 1. The van der Waals surface area contributed by atoms with Crippen molar-refractivity contribution in [1.29, 1.82) is 0 Å². The Bertz CT molecular complexity index is 1280. The zero-order valence-corrected chi connectivity index (χ0v) is 22.1. The number of sulfonamides is 1. The zero-order chi connectivity index (χ0) is 25.0. The molecule has 1 N–H and O–H groups in total. The molecule has 1 fully saturated rings. The summed E-state index contributed by atoms with van der Waals surface area (Å²) in [4.78, 5) is 18.7. The van der Waals surface area contributed by atoms with Crippen LogP contribution in [0, 0.1) is 5.92 Å². The molecular weight excluding hydrogens is 506 g/mol. The Balaban J connectivity index is 1.36. The molecule has 0 spiro atoms. The number of thiazole rings is 1. The maximum atomic E-state index is 13.0. The van der Waals surface area contributed by atoms with E-state index in [0.29, 0.717) is 42.6 Å². The Labute approximate surface area is 213 Å². The summed E-state index contributed by atoms with van der Waals surface area (Å²) in [5.74, 6) is 0.823. The van der Waals surface area contributed by atoms with Crippen LogP contribution in [0.25, 0.3) is 11.3 Å². The number of nitrogens with one attached hydrogen (secondary N) is 1. The molecule has 0 aliphatic carbocycles. The van der Waals surface area contributed by atoms with Gasteiger partial charge in [0.05, 0.1) is 24.8 Å². The van der Waals surface area contributed by atoms with Gasteiger partial charge in [0.1, 0.15) is 0 Å². The van der Waals surface area contributed by atoms with Crippen molar-refractivity contribution in [2.24, 2.45) is 5.92 Å². The largest absolute Gasteiger partial charge is 0.493 e. The van der Waals surface area contributed by atoms with E-state index >= 15 is 0 Å². The number of ether oxygens (including phenoxy) is 2. The standard InChI is InChI=1S/C24H27N3O5S3/c1-31-21-9-4-17(14-22(21)32-2)20-15-34-24(25-20)26-23(28)16-10-12-27(13-11-16)35(29,30)19-7-5-18(33-3)6-8-19/h4-9,14-16H,10-13H2,1-3H3,(H,25,26,28). The average Bonchev–Trinajstić information content (AvgIpc) is 3.36. The fraction of sp³-hybridized carbons (Fsp3) is 0.333. The third-order valence-corrected chi connectivity index (χ3v) is 9.35. The number of aromatic nitrogens is 1. The molecule has 11 heteroatoms. The molecule has 1 aliphatic heterocycles. The molecule has 0 atom stereocenters. The highest BCUT2D eigenvalue weighted by molar-refractivity contribution is 7.98. The van der Waals surface area contributed by atoms with Gasteiger partial charge >= 0.3 is 0 Å². The molecule has 8 nitrogen and oxygen atoms in total. The summed E-state index contributed by atoms with van der Waals surface area (Å²) in [6.07, 6.45) is 2.87. The quantitative estimate of drug-likeness (QED) is 0.423. The maximum Gasteiger partial charge on any atom is 0.243 e. The highest BCUT2D eigenvalue weighted by Gasteiger charge is 2.32. The number of carbonyl (C=O) groups is 1. The van der Waals surface area contributed by atoms with Gasteiger partial charge in [-0.3, -0.25) is 4.79 Å². The van der Waals surface area contributed by atoms with E-state index in [2.05, 4.69) is 10.3 Å². The predicted octanol–water partition coefficient (Wildman–Crippen LogP) is 4.59. The van der Waals surface area contributed by atoms with Gasteiger partial charge in [-0.1, -0.05) is 0 Å². The summed E-state index contributed by atoms with van der Waals surface area (Å²) in [5.41, 5.74) is 1.57. The molecular formula is C24H27N3O5S3. The fourth-order valence-electron chi connectivity index (χ4n) is 3.92. The van der Waals surface area contributed by atoms with Crippen LogP contribution in [0.15, 0.2) is 57.6 Å². The lowest BCUT2D eigenvalue weighted by molar-refractivity contribution is -0.120. The number of thioether (sulfide) groups is 1. The molecule has 0 bridgehead atoms. The van der Waals surface area contributed by atoms with Crippen LogP contribution in [0.3, 0.4) is 0 Å². The van der Waals surface area contributed by atoms with E-state index in [1.165, 1.54) is 15.6 Å². The fourth-order valence-corrected chi connectivity index (χ4v) is 6.52. The third kappa shape index (κ3) is 5.64. The van der Waals surface area contributed by atoms with Crippen molar-refractivity contribution in [2.45, 2.75) is 22.6 Å². The molecule has 0 saturated carbocycles. The molecule has 0 unspecified atom stereocenters. The summed E-state index contributed by atoms with van der Waals surface area (Å²) in [6, 6.07) is 12.4. The molecule has 1 amide bonds. The van der Waals surface area contributed by atoms with Gasteiger partial charge in [-0.15, -0.1) is 23.1 Å². The van der Waals surface area contributed by atoms with Gasteiger partial charge < -0.3 is 14.8 Å². The Hall–Kier alpha value is -2.60. The van der Waals surface area contributed by atoms with Gasteiger partial charge in [0.25, 0.3) is 0 Å². The maximum absolute atomic E-state index is 13.0. The lowest BCUT2D eigenvalue weighted by Crippen LogP contribution is -2.41. The first-order valence-corrected chi connectivity index (χ1v) is 14.5. The van der Waals surface area contributed by atoms with Crippen molar-refractivity contribution >= 4 is 44.2 Å². The second kappa shape index (κ2) is 11.0. The van der Waals surface area contributed by atoms with Crippen molar-refractivity contribution in [2.75, 3.05) is 38.9 Å². The van der Waals surface area contributed by atoms with Gasteiger partial charge in [-0.2, -0.15) is 4.31 Å². The zero-order valence-electron chi connectivity index (χ0n) is 19.7. The van der Waals surface area contributed by atoms with Gasteiger partial charge in [0.15, 0.2) is 16.6 Å². The Morgan fingerprint density at radius 2 is 1.77 bits per heavy atom. The van der Waals surface area contributed by atoms with Crippen LogP contribution in [-0.4, -0.2) is 57.2 Å². The second-order valence-electron chi connectivity index (χ2n) is 7.95. The molecule has 2 heterocycles. The molecule has 4 rings (SSSR count). The van der Waals surface area contributed by atoms with Gasteiger partial charge in [-0.05, 0) is 61.6 Å². The summed E-state index contributed by atoms with van der Waals surface area (Å²) >= 11 is 2.91. The van der Waals surface area contributed by atoms with E-state index in [1.54, 1.807) is 38.1 Å². The summed E-state index contributed by atoms with van der Waals surface area (Å²) < 4.78 is 38.0. The smallest absolute Gasteiger partial charge is 0.243 e. The lowest BCUT2D eigenvalue weighted by Gasteiger charge is -2.30. The van der Waals surface area contributed by atoms with Crippen LogP contribution < -0.4 is 14.8 Å². The first-order chi connectivity index (χ1) is 16.8. The number of benzene rings is 2. The topological polar surface area (TPSA) is 97.8 Å². The van der Waals surface area contributed by atoms with Crippen molar-refractivity contribution in [3.05, 3.63) is 47.8 Å². The molecule has 1 aromatic heterocycles. The van der Waals surface area contributed by atoms with Crippen molar-refractivity contribution in [3.8, 4) is 22.8 Å². The number of hydrogen-bond acceptors (Lipinski definition) is 8. The molecule has 1 saturated heterocycles. The van der Waals surface area contributed by atoms with Crippen LogP contribution >= 0.6 is 23.1 Å². The van der Waals surface area contributed by atoms with E-state index < -0.39 is 10.0 Å². The number of hydrogen-bond donors (Lipinski definition) is 1. The monoisotopic (exact) mass is 533 g/mol. The van der Waals surface area contributed by atoms with Crippen LogP contribution in [-0.2, 0) is 14.8 Å². The highest BCUT2D eigenvalue weighted by atomic mass is 32.2. The van der Waals surface area contributed by atoms with Crippen molar-refractivity contribution in [3.63, 3.8) is 0 Å². The first kappa shape index (κ1) is 25.5. The average molecular weight is 534 g/mol. The van der Waals surface area contributed by atoms with E-state index in [4.69, 9.17) is 9.47 Å². The number of rotatable bonds is 8. The predicted molar refractivity (Wildman–Crippen MR) is 139 cm³/mol. The van der Waals surface area contributed by atoms with Crippen molar-refractivity contribution in [1.82, 2.24) is 9.29 Å². The number of methoxy groups -OCH3 is 2. The first-order valence-electron chi connectivity index (χ1n) is 11.0. The van der Waals surface area contributed by atoms with Crippen LogP contribution in [0.5, 0.6) is 11.5 Å². The molecule has 0 radical (unpaired) electrons. The van der Waals surface area contributed by atoms with E-state index in [0.717, 1.165) is 16.2 Å². The number of anilines is 1. The summed E-state index contributed by atoms with van der Waals surface area (Å²) in [7, 11) is -0.415. The number of piperidine rings is 1. The normalized spacial score (nSPS) is 15.1. The Morgan fingerprint density at radius 3 is 2.40 bits per heavy atom. The molecule has 3 aromatic rings. The van der Waals surface area contributed by atoms with E-state index in [9.17, 15) is 13.2 Å². The summed E-state index contributed by atoms with van der Waals surface area (Å²) in [6.45, 7) is 0.610. The molecule has 35 heavy (non-hydrogen) atoms. The molecule has 186 valence electrons.